The maximum atomic E-state index is 3.67. The van der Waals surface area contributed by atoms with Gasteiger partial charge in [0.2, 0.25) is 0 Å². The molecule has 264 valence electrons. The summed E-state index contributed by atoms with van der Waals surface area (Å²) in [5.41, 5.74) is 16.9. The Bertz CT molecular complexity index is 1760. The second-order valence-corrected chi connectivity index (χ2v) is 23.1. The molecule has 6 rings (SSSR count). The first-order chi connectivity index (χ1) is 22.2. The summed E-state index contributed by atoms with van der Waals surface area (Å²) in [6.45, 7) is 29.4. The van der Waals surface area contributed by atoms with Crippen LogP contribution in [0.15, 0.2) is 91.0 Å². The summed E-state index contributed by atoms with van der Waals surface area (Å²) in [5, 5.41) is 1.62. The van der Waals surface area contributed by atoms with Gasteiger partial charge in [0.25, 0.3) is 0 Å². The fourth-order valence-corrected chi connectivity index (χ4v) is 8.98. The predicted octanol–water partition coefficient (Wildman–Crippen LogP) is 5.65. The molecule has 0 saturated heterocycles. The van der Waals surface area contributed by atoms with Crippen LogP contribution in [0, 0.1) is 33.8 Å². The van der Waals surface area contributed by atoms with Crippen LogP contribution in [0.4, 0.5) is 0 Å². The van der Waals surface area contributed by atoms with Gasteiger partial charge < -0.3 is 24.8 Å². The van der Waals surface area contributed by atoms with E-state index in [-0.39, 0.29) is 35.6 Å². The summed E-state index contributed by atoms with van der Waals surface area (Å²) >= 11 is 1.46. The van der Waals surface area contributed by atoms with Gasteiger partial charge in [-0.1, -0.05) is 98.8 Å². The normalized spacial score (nSPS) is 11.8. The minimum atomic E-state index is -1.06. The van der Waals surface area contributed by atoms with E-state index < -0.39 is 8.07 Å². The molecule has 0 heterocycles. The van der Waals surface area contributed by atoms with Crippen molar-refractivity contribution in [3.63, 3.8) is 0 Å². The molecule has 0 unspecified atom stereocenters. The molecule has 0 nitrogen and oxygen atoms in total. The molecule has 0 radical (unpaired) electrons. The molecular weight excluding hydrogens is 743 g/mol. The largest absolute Gasteiger partial charge is 1.00 e. The molecule has 0 N–H and O–H groups in total. The van der Waals surface area contributed by atoms with E-state index in [2.05, 4.69) is 186 Å². The molecule has 0 saturated carbocycles. The molecule has 0 fully saturated rings. The van der Waals surface area contributed by atoms with Crippen molar-refractivity contribution in [1.82, 2.24) is 0 Å². The van der Waals surface area contributed by atoms with E-state index >= 15 is 0 Å². The van der Waals surface area contributed by atoms with E-state index in [1.807, 2.05) is 0 Å². The monoisotopic (exact) mass is 796 g/mol. The zero-order chi connectivity index (χ0) is 35.6. The maximum Gasteiger partial charge on any atom is -1.00 e. The molecule has 0 spiro atoms. The molecule has 0 aromatic heterocycles. The number of aryl methyl sites for hydroxylation is 4. The van der Waals surface area contributed by atoms with Gasteiger partial charge in [0.15, 0.2) is 0 Å². The van der Waals surface area contributed by atoms with Gasteiger partial charge in [0, 0.05) is 8.07 Å². The Labute approximate surface area is 333 Å². The van der Waals surface area contributed by atoms with Crippen LogP contribution in [-0.4, -0.2) is 11.3 Å². The average molecular weight is 799 g/mol. The summed E-state index contributed by atoms with van der Waals surface area (Å²) in [6, 6.07) is 37.3. The van der Waals surface area contributed by atoms with Crippen molar-refractivity contribution in [2.45, 2.75) is 106 Å². The minimum Gasteiger partial charge on any atom is -1.00 e. The molecule has 0 bridgehead atoms. The van der Waals surface area contributed by atoms with Gasteiger partial charge in [-0.05, 0) is 28.4 Å². The van der Waals surface area contributed by atoms with Crippen LogP contribution in [-0.2, 0) is 41.5 Å². The molecule has 0 atom stereocenters. The second-order valence-electron chi connectivity index (χ2n) is 16.8. The standard InChI is InChI=1S/C21H25.C15H14.C10H17Si.2ClH.Zr/c1-20(2,3)16-7-9-18-14(12-16)11-15-13-17(21(4,5)6)8-10-19(15)18;1-12-3-7-14(8-4-12)11-15-9-5-13(2)6-10-15;1-8-6-9(2)10(7-8)11(3,4)5;;;/h7-10,12H,11H2,1-6H3;3-10H,1-2H3;6-7H,1-5H3;2*1H;/q-1;;-1;;;+2/p-2. The zero-order valence-electron chi connectivity index (χ0n) is 32.6. The smallest absolute Gasteiger partial charge is 1.00 e. The molecule has 1 aliphatic rings. The van der Waals surface area contributed by atoms with Gasteiger partial charge in [-0.2, -0.15) is 46.1 Å². The first kappa shape index (κ1) is 43.9. The van der Waals surface area contributed by atoms with Gasteiger partial charge in [0.1, 0.15) is 0 Å². The van der Waals surface area contributed by atoms with Gasteiger partial charge in [-0.3, -0.25) is 0 Å². The molecule has 5 aromatic carbocycles. The number of hydrogen-bond donors (Lipinski definition) is 0. The van der Waals surface area contributed by atoms with E-state index in [0.29, 0.717) is 0 Å². The SMILES string of the molecule is CC(C)(C)c1[c-]c2c(cc1)-c1ccc(C(C)(C)C)cc1C2.Cc1cc([Si](C)(C)C)c(C)[cH-]1.Cc1ccc([C](=[Zr+2])c2ccc(C)cc2)cc1.[Cl-].[Cl-]. The number of hydrogen-bond acceptors (Lipinski definition) is 0. The Morgan fingerprint density at radius 3 is 1.56 bits per heavy atom. The Balaban J connectivity index is 0.000000268. The van der Waals surface area contributed by atoms with Crippen molar-refractivity contribution >= 4 is 16.5 Å². The second kappa shape index (κ2) is 17.5. The Kier molecular flexibility index (Phi) is 15.4. The van der Waals surface area contributed by atoms with Crippen LogP contribution in [0.25, 0.3) is 11.1 Å². The third kappa shape index (κ3) is 11.4. The average Bonchev–Trinajstić information content (AvgIpc) is 3.55. The predicted molar refractivity (Wildman–Crippen MR) is 211 cm³/mol. The fourth-order valence-electron chi connectivity index (χ4n) is 6.25. The third-order valence-corrected chi connectivity index (χ3v) is 12.8. The Hall–Kier alpha value is -2.22. The van der Waals surface area contributed by atoms with E-state index in [1.165, 1.54) is 94.2 Å². The van der Waals surface area contributed by atoms with Crippen molar-refractivity contribution in [3.05, 3.63) is 153 Å². The maximum absolute atomic E-state index is 3.67. The molecule has 5 aromatic rings. The molecule has 0 aliphatic heterocycles. The number of rotatable bonds is 3. The van der Waals surface area contributed by atoms with Gasteiger partial charge in [-0.15, -0.1) is 11.1 Å². The van der Waals surface area contributed by atoms with Crippen LogP contribution >= 0.6 is 0 Å². The van der Waals surface area contributed by atoms with Crippen molar-refractivity contribution in [3.8, 4) is 11.1 Å². The van der Waals surface area contributed by atoms with Crippen molar-refractivity contribution < 1.29 is 49.0 Å². The zero-order valence-corrected chi connectivity index (χ0v) is 37.6. The van der Waals surface area contributed by atoms with E-state index in [0.717, 1.165) is 6.42 Å². The van der Waals surface area contributed by atoms with E-state index in [1.54, 1.807) is 5.19 Å². The number of fused-ring (bicyclic) bond motifs is 3. The summed E-state index contributed by atoms with van der Waals surface area (Å²) in [7, 11) is -1.06. The minimum absolute atomic E-state index is 0. The fraction of sp³-hybridized carbons (Fsp3) is 0.348. The van der Waals surface area contributed by atoms with Crippen LogP contribution in [0.2, 0.25) is 19.6 Å². The van der Waals surface area contributed by atoms with Gasteiger partial charge in [0.05, 0.1) is 0 Å². The Morgan fingerprint density at radius 1 is 0.660 bits per heavy atom. The van der Waals surface area contributed by atoms with Gasteiger partial charge >= 0.3 is 112 Å². The molecule has 0 amide bonds. The Morgan fingerprint density at radius 2 is 1.16 bits per heavy atom. The van der Waals surface area contributed by atoms with Crippen molar-refractivity contribution in [2.24, 2.45) is 0 Å². The van der Waals surface area contributed by atoms with Crippen LogP contribution < -0.4 is 30.0 Å². The third-order valence-electron chi connectivity index (χ3n) is 9.19. The number of halogens is 2. The summed E-state index contributed by atoms with van der Waals surface area (Å²) in [6.07, 6.45) is 1.03. The number of benzene rings is 4. The van der Waals surface area contributed by atoms with Crippen LogP contribution in [0.3, 0.4) is 0 Å². The van der Waals surface area contributed by atoms with Crippen LogP contribution in [0.1, 0.15) is 97.2 Å². The quantitative estimate of drug-likeness (QED) is 0.161. The van der Waals surface area contributed by atoms with E-state index in [9.17, 15) is 0 Å². The van der Waals surface area contributed by atoms with E-state index in [4.69, 9.17) is 0 Å². The molecule has 50 heavy (non-hydrogen) atoms. The van der Waals surface area contributed by atoms with Crippen molar-refractivity contribution in [1.29, 1.82) is 0 Å². The first-order valence-electron chi connectivity index (χ1n) is 17.4. The first-order valence-corrected chi connectivity index (χ1v) is 22.1. The van der Waals surface area contributed by atoms with Crippen molar-refractivity contribution in [2.75, 3.05) is 0 Å². The van der Waals surface area contributed by atoms with Gasteiger partial charge in [-0.25, -0.2) is 6.07 Å². The topological polar surface area (TPSA) is 0 Å². The molecular formula is C46H56Cl2SiZr-2. The summed E-state index contributed by atoms with van der Waals surface area (Å²) in [5.74, 6) is 0. The van der Waals surface area contributed by atoms with Crippen LogP contribution in [0.5, 0.6) is 0 Å². The summed E-state index contributed by atoms with van der Waals surface area (Å²) in [4.78, 5) is 0. The summed E-state index contributed by atoms with van der Waals surface area (Å²) < 4.78 is 1.42. The molecule has 1 aliphatic carbocycles. The molecule has 4 heteroatoms.